The third-order valence-corrected chi connectivity index (χ3v) is 2.17. The number of aryl methyl sites for hydroxylation is 1. The van der Waals surface area contributed by atoms with Gasteiger partial charge in [-0.15, -0.1) is 0 Å². The molecule has 0 unspecified atom stereocenters. The van der Waals surface area contributed by atoms with Gasteiger partial charge >= 0.3 is 0 Å². The van der Waals surface area contributed by atoms with E-state index in [1.54, 1.807) is 0 Å². The molecule has 0 bridgehead atoms. The van der Waals surface area contributed by atoms with Crippen molar-refractivity contribution < 1.29 is 4.79 Å². The van der Waals surface area contributed by atoms with Gasteiger partial charge in [0, 0.05) is 12.0 Å². The Balaban J connectivity index is 0.000000396. The lowest BCUT2D eigenvalue weighted by atomic mass is 9.91. The quantitative estimate of drug-likeness (QED) is 0.593. The van der Waals surface area contributed by atoms with Crippen molar-refractivity contribution in [1.29, 1.82) is 0 Å². The number of Topliss-reactive ketones (excluding diaryl/α,β-unsaturated/α-hetero) is 1. The van der Waals surface area contributed by atoms with E-state index in [4.69, 9.17) is 0 Å². The van der Waals surface area contributed by atoms with Crippen molar-refractivity contribution in [3.8, 4) is 0 Å². The number of hydrogen-bond donors (Lipinski definition) is 0. The highest BCUT2D eigenvalue weighted by molar-refractivity contribution is 5.98. The molecule has 0 saturated heterocycles. The summed E-state index contributed by atoms with van der Waals surface area (Å²) in [5.41, 5.74) is 2.17. The van der Waals surface area contributed by atoms with Crippen LogP contribution in [0.15, 0.2) is 24.3 Å². The lowest BCUT2D eigenvalue weighted by molar-refractivity contribution is 0.0972. The second-order valence-electron chi connectivity index (χ2n) is 2.93. The number of benzene rings is 1. The van der Waals surface area contributed by atoms with Gasteiger partial charge in [-0.1, -0.05) is 38.1 Å². The van der Waals surface area contributed by atoms with Crippen LogP contribution in [0.25, 0.3) is 0 Å². The summed E-state index contributed by atoms with van der Waals surface area (Å²) in [5.74, 6) is 0.312. The zero-order valence-electron chi connectivity index (χ0n) is 8.34. The summed E-state index contributed by atoms with van der Waals surface area (Å²) in [6, 6.07) is 7.91. The predicted molar refractivity (Wildman–Crippen MR) is 55.1 cm³/mol. The smallest absolute Gasteiger partial charge is 0.163 e. The molecule has 0 aliphatic heterocycles. The SMILES string of the molecule is CC.O=C1CCCc2ccccc21. The Morgan fingerprint density at radius 3 is 2.46 bits per heavy atom. The average Bonchev–Trinajstić information content (AvgIpc) is 2.22. The summed E-state index contributed by atoms with van der Waals surface area (Å²) in [6.07, 6.45) is 2.83. The van der Waals surface area contributed by atoms with Crippen LogP contribution >= 0.6 is 0 Å². The maximum atomic E-state index is 11.3. The number of ketones is 1. The molecule has 0 aromatic heterocycles. The number of hydrogen-bond acceptors (Lipinski definition) is 1. The lowest BCUT2D eigenvalue weighted by Gasteiger charge is -2.12. The third kappa shape index (κ3) is 2.18. The van der Waals surface area contributed by atoms with Gasteiger partial charge in [-0.05, 0) is 18.4 Å². The van der Waals surface area contributed by atoms with E-state index < -0.39 is 0 Å². The van der Waals surface area contributed by atoms with Gasteiger partial charge in [0.2, 0.25) is 0 Å². The van der Waals surface area contributed by atoms with E-state index in [9.17, 15) is 4.79 Å². The number of fused-ring (bicyclic) bond motifs is 1. The number of carbonyl (C=O) groups excluding carboxylic acids is 1. The fraction of sp³-hybridized carbons (Fsp3) is 0.417. The second-order valence-corrected chi connectivity index (χ2v) is 2.93. The molecular weight excluding hydrogens is 160 g/mol. The molecule has 0 radical (unpaired) electrons. The fourth-order valence-electron chi connectivity index (χ4n) is 1.58. The van der Waals surface area contributed by atoms with Gasteiger partial charge in [0.15, 0.2) is 5.78 Å². The molecular formula is C12H16O. The van der Waals surface area contributed by atoms with E-state index in [0.717, 1.165) is 24.8 Å². The standard InChI is InChI=1S/C10H10O.C2H6/c11-10-7-3-5-8-4-1-2-6-9(8)10;1-2/h1-2,4,6H,3,5,7H2;1-2H3. The van der Waals surface area contributed by atoms with Crippen LogP contribution in [0.4, 0.5) is 0 Å². The van der Waals surface area contributed by atoms with Crippen LogP contribution in [-0.4, -0.2) is 5.78 Å². The van der Waals surface area contributed by atoms with Crippen molar-refractivity contribution in [3.63, 3.8) is 0 Å². The van der Waals surface area contributed by atoms with Gasteiger partial charge in [0.1, 0.15) is 0 Å². The van der Waals surface area contributed by atoms with Gasteiger partial charge in [0.25, 0.3) is 0 Å². The Kier molecular flexibility index (Phi) is 3.69. The van der Waals surface area contributed by atoms with E-state index in [1.165, 1.54) is 5.56 Å². The van der Waals surface area contributed by atoms with Crippen LogP contribution in [0.3, 0.4) is 0 Å². The van der Waals surface area contributed by atoms with E-state index in [1.807, 2.05) is 38.1 Å². The van der Waals surface area contributed by atoms with Gasteiger partial charge in [-0.25, -0.2) is 0 Å². The molecule has 0 N–H and O–H groups in total. The van der Waals surface area contributed by atoms with E-state index in [2.05, 4.69) is 0 Å². The van der Waals surface area contributed by atoms with Gasteiger partial charge in [0.05, 0.1) is 0 Å². The van der Waals surface area contributed by atoms with Crippen LogP contribution in [0.5, 0.6) is 0 Å². The first-order valence-electron chi connectivity index (χ1n) is 4.99. The molecule has 1 aromatic carbocycles. The highest BCUT2D eigenvalue weighted by Gasteiger charge is 2.14. The first-order chi connectivity index (χ1) is 6.38. The summed E-state index contributed by atoms with van der Waals surface area (Å²) >= 11 is 0. The molecule has 1 aromatic rings. The van der Waals surface area contributed by atoms with E-state index in [-0.39, 0.29) is 0 Å². The molecule has 2 rings (SSSR count). The predicted octanol–water partition coefficient (Wildman–Crippen LogP) is 3.23. The second kappa shape index (κ2) is 4.80. The lowest BCUT2D eigenvalue weighted by Crippen LogP contribution is -2.09. The van der Waals surface area contributed by atoms with Crippen molar-refractivity contribution in [2.24, 2.45) is 0 Å². The van der Waals surface area contributed by atoms with Gasteiger partial charge < -0.3 is 0 Å². The minimum absolute atomic E-state index is 0.312. The highest BCUT2D eigenvalue weighted by Crippen LogP contribution is 2.19. The summed E-state index contributed by atoms with van der Waals surface area (Å²) < 4.78 is 0. The Morgan fingerprint density at radius 1 is 1.08 bits per heavy atom. The maximum Gasteiger partial charge on any atom is 0.163 e. The van der Waals surface area contributed by atoms with Crippen molar-refractivity contribution >= 4 is 5.78 Å². The Hall–Kier alpha value is -1.11. The molecule has 1 aliphatic carbocycles. The van der Waals surface area contributed by atoms with Crippen molar-refractivity contribution in [3.05, 3.63) is 35.4 Å². The molecule has 0 spiro atoms. The van der Waals surface area contributed by atoms with Crippen molar-refractivity contribution in [1.82, 2.24) is 0 Å². The average molecular weight is 176 g/mol. The van der Waals surface area contributed by atoms with Crippen LogP contribution < -0.4 is 0 Å². The Bertz CT molecular complexity index is 289. The summed E-state index contributed by atoms with van der Waals surface area (Å²) in [6.45, 7) is 4.00. The molecule has 1 heteroatoms. The molecule has 0 heterocycles. The van der Waals surface area contributed by atoms with Gasteiger partial charge in [-0.3, -0.25) is 4.79 Å². The summed E-state index contributed by atoms with van der Waals surface area (Å²) in [7, 11) is 0. The normalized spacial score (nSPS) is 14.2. The molecule has 0 saturated carbocycles. The fourth-order valence-corrected chi connectivity index (χ4v) is 1.58. The highest BCUT2D eigenvalue weighted by atomic mass is 16.1. The minimum Gasteiger partial charge on any atom is -0.294 e. The van der Waals surface area contributed by atoms with Crippen LogP contribution in [0, 0.1) is 0 Å². The first kappa shape index (κ1) is 9.97. The van der Waals surface area contributed by atoms with E-state index in [0.29, 0.717) is 5.78 Å². The van der Waals surface area contributed by atoms with Crippen molar-refractivity contribution in [2.75, 3.05) is 0 Å². The Morgan fingerprint density at radius 2 is 1.77 bits per heavy atom. The molecule has 0 fully saturated rings. The first-order valence-corrected chi connectivity index (χ1v) is 4.99. The third-order valence-electron chi connectivity index (χ3n) is 2.17. The number of rotatable bonds is 0. The molecule has 13 heavy (non-hydrogen) atoms. The van der Waals surface area contributed by atoms with Crippen molar-refractivity contribution in [2.45, 2.75) is 33.1 Å². The van der Waals surface area contributed by atoms with Crippen LogP contribution in [0.1, 0.15) is 42.6 Å². The molecule has 1 aliphatic rings. The maximum absolute atomic E-state index is 11.3. The molecule has 1 nitrogen and oxygen atoms in total. The van der Waals surface area contributed by atoms with Crippen LogP contribution in [-0.2, 0) is 6.42 Å². The summed E-state index contributed by atoms with van der Waals surface area (Å²) in [4.78, 5) is 11.3. The monoisotopic (exact) mass is 176 g/mol. The zero-order valence-corrected chi connectivity index (χ0v) is 8.34. The minimum atomic E-state index is 0.312. The Labute approximate surface area is 79.8 Å². The molecule has 0 amide bonds. The largest absolute Gasteiger partial charge is 0.294 e. The van der Waals surface area contributed by atoms with Crippen LogP contribution in [0.2, 0.25) is 0 Å². The molecule has 70 valence electrons. The summed E-state index contributed by atoms with van der Waals surface area (Å²) in [5, 5.41) is 0. The zero-order chi connectivity index (χ0) is 9.68. The van der Waals surface area contributed by atoms with E-state index >= 15 is 0 Å². The van der Waals surface area contributed by atoms with Gasteiger partial charge in [-0.2, -0.15) is 0 Å². The number of carbonyl (C=O) groups is 1. The molecule has 0 atom stereocenters. The topological polar surface area (TPSA) is 17.1 Å².